The minimum Gasteiger partial charge on any atom is -0.448 e. The van der Waals surface area contributed by atoms with Crippen molar-refractivity contribution in [3.8, 4) is 11.5 Å². The summed E-state index contributed by atoms with van der Waals surface area (Å²) < 4.78 is 25.5. The number of thiazole rings is 1. The van der Waals surface area contributed by atoms with Crippen LogP contribution in [0, 0.1) is 6.92 Å². The molecular weight excluding hydrogens is 453 g/mol. The third kappa shape index (κ3) is 6.30. The van der Waals surface area contributed by atoms with Gasteiger partial charge < -0.3 is 13.8 Å². The van der Waals surface area contributed by atoms with E-state index in [1.54, 1.807) is 23.5 Å². The molecule has 2 heterocycles. The van der Waals surface area contributed by atoms with Crippen LogP contribution in [0.1, 0.15) is 17.4 Å². The lowest BCUT2D eigenvalue weighted by Gasteiger charge is -2.17. The molecule has 1 atom stereocenters. The van der Waals surface area contributed by atoms with Crippen LogP contribution in [-0.4, -0.2) is 36.6 Å². The molecule has 10 heteroatoms. The number of hydrogen-bond acceptors (Lipinski definition) is 8. The highest BCUT2D eigenvalue weighted by molar-refractivity contribution is 8.13. The Kier molecular flexibility index (Phi) is 8.13. The average Bonchev–Trinajstić information content (AvgIpc) is 3.37. The molecule has 3 rings (SSSR count). The summed E-state index contributed by atoms with van der Waals surface area (Å²) in [6, 6.07) is 13.1. The van der Waals surface area contributed by atoms with E-state index in [9.17, 15) is 9.36 Å². The highest BCUT2D eigenvalue weighted by Crippen LogP contribution is 2.43. The number of rotatable bonds is 10. The van der Waals surface area contributed by atoms with Crippen LogP contribution < -0.4 is 15.5 Å². The summed E-state index contributed by atoms with van der Waals surface area (Å²) in [6.45, 7) is 3.98. The van der Waals surface area contributed by atoms with E-state index >= 15 is 0 Å². The number of aromatic nitrogens is 1. The Hall–Kier alpha value is -1.90. The molecule has 0 fully saturated rings. The largest absolute Gasteiger partial charge is 0.448 e. The summed E-state index contributed by atoms with van der Waals surface area (Å²) in [6.07, 6.45) is 0. The molecule has 0 saturated carbocycles. The lowest BCUT2D eigenvalue weighted by Crippen LogP contribution is -2.21. The van der Waals surface area contributed by atoms with Gasteiger partial charge in [0.05, 0.1) is 6.61 Å². The number of aryl methyl sites for hydroxylation is 1. The number of benzene rings is 1. The number of carbonyl (C=O) groups excluding carboxylic acids is 1. The van der Waals surface area contributed by atoms with Crippen molar-refractivity contribution >= 4 is 46.4 Å². The topological polar surface area (TPSA) is 84.7 Å². The van der Waals surface area contributed by atoms with Gasteiger partial charge >= 0.3 is 7.52 Å². The van der Waals surface area contributed by atoms with Gasteiger partial charge in [-0.3, -0.25) is 9.36 Å². The summed E-state index contributed by atoms with van der Waals surface area (Å²) in [5, 5.41) is 3.90. The fraction of sp³-hybridized carbons (Fsp3) is 0.333. The van der Waals surface area contributed by atoms with Gasteiger partial charge in [-0.25, -0.2) is 10.1 Å². The maximum absolute atomic E-state index is 13.7. The number of hydrogen-bond donors (Lipinski definition) is 1. The predicted molar refractivity (Wildman–Crippen MR) is 128 cm³/mol. The standard InChI is InChI=1S/C21H26N3O4PS2/c1-15-20(23-21(31-15)24(3)4)18-10-11-19(28-18)29(26,27-12-13-30-16(2)25)22-14-17-8-6-5-7-9-17/h5-11H,12-14H2,1-4H3,(H,22,26). The highest BCUT2D eigenvalue weighted by Gasteiger charge is 2.30. The summed E-state index contributed by atoms with van der Waals surface area (Å²) in [5.74, 6) is 0.956. The van der Waals surface area contributed by atoms with Gasteiger partial charge in [0, 0.05) is 38.2 Å². The normalized spacial score (nSPS) is 13.2. The maximum atomic E-state index is 13.7. The third-order valence-corrected chi connectivity index (χ3v) is 8.14. The molecule has 31 heavy (non-hydrogen) atoms. The second kappa shape index (κ2) is 10.6. The zero-order valence-electron chi connectivity index (χ0n) is 18.0. The maximum Gasteiger partial charge on any atom is 0.334 e. The molecule has 0 amide bonds. The lowest BCUT2D eigenvalue weighted by molar-refractivity contribution is -0.109. The molecule has 1 unspecified atom stereocenters. The SMILES string of the molecule is CC(=O)SCCOP(=O)(NCc1ccccc1)c1ccc(-c2nc(N(C)C)sc2C)o1. The Labute approximate surface area is 190 Å². The quantitative estimate of drug-likeness (QED) is 0.331. The molecule has 0 radical (unpaired) electrons. The van der Waals surface area contributed by atoms with Crippen LogP contribution in [0.3, 0.4) is 0 Å². The van der Waals surface area contributed by atoms with Crippen LogP contribution in [0.4, 0.5) is 5.13 Å². The van der Waals surface area contributed by atoms with E-state index in [1.807, 2.05) is 56.3 Å². The molecule has 0 aliphatic heterocycles. The number of carbonyl (C=O) groups is 1. The van der Waals surface area contributed by atoms with Crippen LogP contribution >= 0.6 is 30.6 Å². The summed E-state index contributed by atoms with van der Waals surface area (Å²) in [4.78, 5) is 18.8. The zero-order chi connectivity index (χ0) is 22.4. The molecule has 7 nitrogen and oxygen atoms in total. The minimum atomic E-state index is -3.50. The van der Waals surface area contributed by atoms with Crippen LogP contribution in [0.2, 0.25) is 0 Å². The van der Waals surface area contributed by atoms with Crippen LogP contribution in [0.25, 0.3) is 11.5 Å². The first-order chi connectivity index (χ1) is 14.8. The molecule has 0 spiro atoms. The molecule has 1 N–H and O–H groups in total. The van der Waals surface area contributed by atoms with Gasteiger partial charge in [-0.1, -0.05) is 42.1 Å². The van der Waals surface area contributed by atoms with Crippen LogP contribution in [0.15, 0.2) is 46.9 Å². The van der Waals surface area contributed by atoms with Gasteiger partial charge in [0.25, 0.3) is 0 Å². The molecule has 0 bridgehead atoms. The molecule has 1 aromatic carbocycles. The van der Waals surface area contributed by atoms with E-state index in [0.29, 0.717) is 18.1 Å². The van der Waals surface area contributed by atoms with Crippen molar-refractivity contribution in [3.05, 3.63) is 52.9 Å². The van der Waals surface area contributed by atoms with Crippen molar-refractivity contribution < 1.29 is 18.3 Å². The Morgan fingerprint density at radius 2 is 2.00 bits per heavy atom. The van der Waals surface area contributed by atoms with Crippen LogP contribution in [0.5, 0.6) is 0 Å². The molecular formula is C21H26N3O4PS2. The molecule has 3 aromatic rings. The van der Waals surface area contributed by atoms with E-state index in [1.165, 1.54) is 6.92 Å². The second-order valence-corrected chi connectivity index (χ2v) is 11.6. The van der Waals surface area contributed by atoms with Crippen molar-refractivity contribution in [3.63, 3.8) is 0 Å². The molecule has 0 saturated heterocycles. The van der Waals surface area contributed by atoms with E-state index in [0.717, 1.165) is 33.0 Å². The van der Waals surface area contributed by atoms with Gasteiger partial charge in [0.15, 0.2) is 16.0 Å². The first-order valence-corrected chi connectivity index (χ1v) is 13.1. The van der Waals surface area contributed by atoms with Crippen molar-refractivity contribution in [2.45, 2.75) is 20.4 Å². The summed E-state index contributed by atoms with van der Waals surface area (Å²) >= 11 is 2.70. The van der Waals surface area contributed by atoms with Gasteiger partial charge in [0.1, 0.15) is 5.69 Å². The van der Waals surface area contributed by atoms with Gasteiger partial charge in [-0.05, 0) is 24.6 Å². The number of nitrogens with one attached hydrogen (secondary N) is 1. The summed E-state index contributed by atoms with van der Waals surface area (Å²) in [7, 11) is 0.369. The average molecular weight is 480 g/mol. The molecule has 2 aromatic heterocycles. The highest BCUT2D eigenvalue weighted by atomic mass is 32.2. The third-order valence-electron chi connectivity index (χ3n) is 4.28. The zero-order valence-corrected chi connectivity index (χ0v) is 20.5. The van der Waals surface area contributed by atoms with Crippen molar-refractivity contribution in [1.82, 2.24) is 10.1 Å². The molecule has 166 valence electrons. The molecule has 0 aliphatic carbocycles. The van der Waals surface area contributed by atoms with Gasteiger partial charge in [-0.2, -0.15) is 0 Å². The number of thioether (sulfide) groups is 1. The molecule has 0 aliphatic rings. The minimum absolute atomic E-state index is 0.00772. The Bertz CT molecular complexity index is 1070. The smallest absolute Gasteiger partial charge is 0.334 e. The Morgan fingerprint density at radius 1 is 1.26 bits per heavy atom. The van der Waals surface area contributed by atoms with Crippen molar-refractivity contribution in [2.24, 2.45) is 0 Å². The predicted octanol–water partition coefficient (Wildman–Crippen LogP) is 4.68. The van der Waals surface area contributed by atoms with E-state index in [4.69, 9.17) is 8.94 Å². The monoisotopic (exact) mass is 479 g/mol. The fourth-order valence-electron chi connectivity index (χ4n) is 2.75. The first-order valence-electron chi connectivity index (χ1n) is 9.71. The number of anilines is 1. The van der Waals surface area contributed by atoms with Crippen molar-refractivity contribution in [2.75, 3.05) is 31.4 Å². The van der Waals surface area contributed by atoms with Crippen molar-refractivity contribution in [1.29, 1.82) is 0 Å². The van der Waals surface area contributed by atoms with E-state index in [2.05, 4.69) is 10.1 Å². The van der Waals surface area contributed by atoms with Gasteiger partial charge in [-0.15, -0.1) is 11.3 Å². The number of furan rings is 1. The van der Waals surface area contributed by atoms with Gasteiger partial charge in [0.2, 0.25) is 5.50 Å². The Morgan fingerprint density at radius 3 is 2.65 bits per heavy atom. The van der Waals surface area contributed by atoms with E-state index < -0.39 is 7.52 Å². The first kappa shape index (κ1) is 23.8. The summed E-state index contributed by atoms with van der Waals surface area (Å²) in [5.41, 5.74) is 1.92. The number of nitrogens with zero attached hydrogens (tertiary/aromatic N) is 2. The fourth-order valence-corrected chi connectivity index (χ4v) is 5.76. The lowest BCUT2D eigenvalue weighted by atomic mass is 10.2. The van der Waals surface area contributed by atoms with E-state index in [-0.39, 0.29) is 17.2 Å². The second-order valence-electron chi connectivity index (χ2n) is 6.98. The van der Waals surface area contributed by atoms with Crippen LogP contribution in [-0.2, 0) is 20.4 Å². The Balaban J connectivity index is 1.82.